The Hall–Kier alpha value is -2.00. The van der Waals surface area contributed by atoms with Gasteiger partial charge in [-0.15, -0.1) is 0 Å². The van der Waals surface area contributed by atoms with Gasteiger partial charge in [-0.1, -0.05) is 18.2 Å². The molecule has 0 aromatic heterocycles. The molecule has 3 heteroatoms. The van der Waals surface area contributed by atoms with Crippen LogP contribution in [0.5, 0.6) is 5.75 Å². The molecular formula is C14H15NO2. The number of para-hydroxylation sites is 1. The average Bonchev–Trinajstić information content (AvgIpc) is 2.39. The first kappa shape index (κ1) is 11.5. The van der Waals surface area contributed by atoms with E-state index in [1.54, 1.807) is 0 Å². The third-order valence-corrected chi connectivity index (χ3v) is 2.19. The van der Waals surface area contributed by atoms with Crippen LogP contribution < -0.4 is 10.2 Å². The number of hydrogen-bond acceptors (Lipinski definition) is 3. The number of hydrogen-bond donors (Lipinski definition) is 1. The van der Waals surface area contributed by atoms with E-state index in [-0.39, 0.29) is 0 Å². The van der Waals surface area contributed by atoms with Gasteiger partial charge in [0.25, 0.3) is 0 Å². The van der Waals surface area contributed by atoms with Crippen molar-refractivity contribution in [3.8, 4) is 5.75 Å². The van der Waals surface area contributed by atoms with Crippen LogP contribution >= 0.6 is 0 Å². The van der Waals surface area contributed by atoms with Crippen LogP contribution in [0.3, 0.4) is 0 Å². The third kappa shape index (κ3) is 3.50. The number of nitrogens with one attached hydrogen (secondary N) is 1. The zero-order chi connectivity index (χ0) is 11.9. The van der Waals surface area contributed by atoms with Crippen LogP contribution in [0.1, 0.15) is 6.92 Å². The summed E-state index contributed by atoms with van der Waals surface area (Å²) in [6, 6.07) is 17.6. The second-order valence-corrected chi connectivity index (χ2v) is 3.51. The Morgan fingerprint density at radius 3 is 2.18 bits per heavy atom. The minimum atomic E-state index is 0.532. The van der Waals surface area contributed by atoms with Crippen molar-refractivity contribution < 1.29 is 9.78 Å². The van der Waals surface area contributed by atoms with Crippen LogP contribution in [0.2, 0.25) is 0 Å². The van der Waals surface area contributed by atoms with Crippen molar-refractivity contribution in [2.45, 2.75) is 6.92 Å². The highest BCUT2D eigenvalue weighted by Crippen LogP contribution is 2.19. The minimum Gasteiger partial charge on any atom is -0.356 e. The van der Waals surface area contributed by atoms with E-state index in [1.807, 2.05) is 61.5 Å². The fourth-order valence-corrected chi connectivity index (χ4v) is 1.41. The van der Waals surface area contributed by atoms with Crippen LogP contribution in [0.4, 0.5) is 11.4 Å². The van der Waals surface area contributed by atoms with Gasteiger partial charge in [-0.3, -0.25) is 0 Å². The summed E-state index contributed by atoms with van der Waals surface area (Å²) in [5.41, 5.74) is 2.08. The van der Waals surface area contributed by atoms with E-state index >= 15 is 0 Å². The van der Waals surface area contributed by atoms with E-state index in [4.69, 9.17) is 9.78 Å². The first-order chi connectivity index (χ1) is 8.38. The quantitative estimate of drug-likeness (QED) is 0.625. The van der Waals surface area contributed by atoms with Gasteiger partial charge >= 0.3 is 0 Å². The maximum absolute atomic E-state index is 5.03. The highest BCUT2D eigenvalue weighted by atomic mass is 17.2. The van der Waals surface area contributed by atoms with Crippen molar-refractivity contribution in [3.05, 3.63) is 54.6 Å². The van der Waals surface area contributed by atoms with Gasteiger partial charge in [0.2, 0.25) is 0 Å². The molecule has 17 heavy (non-hydrogen) atoms. The molecule has 0 spiro atoms. The maximum atomic E-state index is 5.03. The molecule has 0 saturated carbocycles. The minimum absolute atomic E-state index is 0.532. The topological polar surface area (TPSA) is 30.5 Å². The second-order valence-electron chi connectivity index (χ2n) is 3.51. The van der Waals surface area contributed by atoms with Gasteiger partial charge in [-0.05, 0) is 43.3 Å². The molecule has 88 valence electrons. The molecule has 0 bridgehead atoms. The molecule has 0 saturated heterocycles. The molecule has 2 aromatic carbocycles. The summed E-state index contributed by atoms with van der Waals surface area (Å²) in [6.45, 7) is 2.41. The predicted octanol–water partition coefficient (Wildman–Crippen LogP) is 3.76. The molecule has 0 fully saturated rings. The van der Waals surface area contributed by atoms with Gasteiger partial charge < -0.3 is 10.2 Å². The lowest BCUT2D eigenvalue weighted by atomic mass is 10.2. The summed E-state index contributed by atoms with van der Waals surface area (Å²) >= 11 is 0. The van der Waals surface area contributed by atoms with Crippen molar-refractivity contribution in [2.75, 3.05) is 11.9 Å². The lowest BCUT2D eigenvalue weighted by Crippen LogP contribution is -1.96. The molecule has 0 atom stereocenters. The molecule has 0 heterocycles. The highest BCUT2D eigenvalue weighted by molar-refractivity contribution is 5.59. The molecule has 2 rings (SSSR count). The van der Waals surface area contributed by atoms with Crippen LogP contribution in [0.15, 0.2) is 54.6 Å². The first-order valence-corrected chi connectivity index (χ1v) is 5.60. The average molecular weight is 229 g/mol. The summed E-state index contributed by atoms with van der Waals surface area (Å²) in [6.07, 6.45) is 0. The molecular weight excluding hydrogens is 214 g/mol. The van der Waals surface area contributed by atoms with Crippen molar-refractivity contribution in [3.63, 3.8) is 0 Å². The fraction of sp³-hybridized carbons (Fsp3) is 0.143. The zero-order valence-corrected chi connectivity index (χ0v) is 9.72. The summed E-state index contributed by atoms with van der Waals surface area (Å²) in [5, 5.41) is 3.29. The SMILES string of the molecule is CCOOc1ccc(Nc2ccccc2)cc1. The van der Waals surface area contributed by atoms with Gasteiger partial charge in [0.05, 0.1) is 6.61 Å². The molecule has 0 amide bonds. The van der Waals surface area contributed by atoms with E-state index in [2.05, 4.69) is 5.32 Å². The molecule has 0 aliphatic rings. The van der Waals surface area contributed by atoms with E-state index in [0.717, 1.165) is 11.4 Å². The Labute approximate surface area is 101 Å². The number of benzene rings is 2. The second kappa shape index (κ2) is 5.92. The molecule has 3 nitrogen and oxygen atoms in total. The van der Waals surface area contributed by atoms with Gasteiger partial charge in [-0.25, -0.2) is 0 Å². The third-order valence-electron chi connectivity index (χ3n) is 2.19. The molecule has 0 aliphatic carbocycles. The number of anilines is 2. The molecule has 1 N–H and O–H groups in total. The van der Waals surface area contributed by atoms with Gasteiger partial charge in [-0.2, -0.15) is 4.89 Å². The Morgan fingerprint density at radius 2 is 1.53 bits per heavy atom. The van der Waals surface area contributed by atoms with Gasteiger partial charge in [0.1, 0.15) is 0 Å². The van der Waals surface area contributed by atoms with Crippen molar-refractivity contribution in [1.29, 1.82) is 0 Å². The Kier molecular flexibility index (Phi) is 4.00. The Balaban J connectivity index is 1.98. The van der Waals surface area contributed by atoms with E-state index in [1.165, 1.54) is 0 Å². The van der Waals surface area contributed by atoms with Crippen LogP contribution in [0, 0.1) is 0 Å². The first-order valence-electron chi connectivity index (χ1n) is 5.60. The van der Waals surface area contributed by atoms with Gasteiger partial charge in [0.15, 0.2) is 5.75 Å². The van der Waals surface area contributed by atoms with E-state index in [0.29, 0.717) is 12.4 Å². The highest BCUT2D eigenvalue weighted by Gasteiger charge is 1.96. The monoisotopic (exact) mass is 229 g/mol. The largest absolute Gasteiger partial charge is 0.356 e. The summed E-state index contributed by atoms with van der Waals surface area (Å²) in [4.78, 5) is 9.89. The van der Waals surface area contributed by atoms with E-state index in [9.17, 15) is 0 Å². The molecule has 0 unspecified atom stereocenters. The standard InChI is InChI=1S/C14H15NO2/c1-2-16-17-14-10-8-13(9-11-14)15-12-6-4-3-5-7-12/h3-11,15H,2H2,1H3. The van der Waals surface area contributed by atoms with Crippen LogP contribution in [0.25, 0.3) is 0 Å². The lowest BCUT2D eigenvalue weighted by molar-refractivity contribution is -0.202. The van der Waals surface area contributed by atoms with Crippen molar-refractivity contribution in [2.24, 2.45) is 0 Å². The summed E-state index contributed by atoms with van der Waals surface area (Å²) in [7, 11) is 0. The van der Waals surface area contributed by atoms with E-state index < -0.39 is 0 Å². The molecule has 2 aromatic rings. The van der Waals surface area contributed by atoms with Crippen molar-refractivity contribution >= 4 is 11.4 Å². The zero-order valence-electron chi connectivity index (χ0n) is 9.72. The molecule has 0 radical (unpaired) electrons. The van der Waals surface area contributed by atoms with Crippen LogP contribution in [-0.2, 0) is 4.89 Å². The van der Waals surface area contributed by atoms with Gasteiger partial charge in [0, 0.05) is 11.4 Å². The Bertz CT molecular complexity index is 440. The summed E-state index contributed by atoms with van der Waals surface area (Å²) in [5.74, 6) is 0.700. The lowest BCUT2D eigenvalue weighted by Gasteiger charge is -2.07. The predicted molar refractivity (Wildman–Crippen MR) is 68.4 cm³/mol. The smallest absolute Gasteiger partial charge is 0.165 e. The van der Waals surface area contributed by atoms with Crippen LogP contribution in [-0.4, -0.2) is 6.61 Å². The van der Waals surface area contributed by atoms with Crippen molar-refractivity contribution in [1.82, 2.24) is 0 Å². The fourth-order valence-electron chi connectivity index (χ4n) is 1.41. The summed E-state index contributed by atoms with van der Waals surface area (Å²) < 4.78 is 0. The maximum Gasteiger partial charge on any atom is 0.165 e. The number of rotatable bonds is 5. The normalized spacial score (nSPS) is 9.94. The molecule has 0 aliphatic heterocycles. The Morgan fingerprint density at radius 1 is 0.882 bits per heavy atom.